The van der Waals surface area contributed by atoms with Crippen LogP contribution in [-0.2, 0) is 4.74 Å². The fourth-order valence-corrected chi connectivity index (χ4v) is 4.57. The van der Waals surface area contributed by atoms with Crippen LogP contribution in [0.25, 0.3) is 0 Å². The van der Waals surface area contributed by atoms with Gasteiger partial charge in [-0.3, -0.25) is 9.69 Å². The van der Waals surface area contributed by atoms with Crippen LogP contribution in [0.5, 0.6) is 0 Å². The smallest absolute Gasteiger partial charge is 0.254 e. The van der Waals surface area contributed by atoms with Crippen LogP contribution in [0.4, 0.5) is 4.39 Å². The minimum absolute atomic E-state index is 0.0513. The Morgan fingerprint density at radius 3 is 2.50 bits per heavy atom. The summed E-state index contributed by atoms with van der Waals surface area (Å²) in [7, 11) is 0. The lowest BCUT2D eigenvalue weighted by Gasteiger charge is -2.30. The molecule has 0 spiro atoms. The van der Waals surface area contributed by atoms with Gasteiger partial charge in [0.05, 0.1) is 0 Å². The molecule has 130 valence electrons. The van der Waals surface area contributed by atoms with Crippen LogP contribution in [0.15, 0.2) is 24.3 Å². The van der Waals surface area contributed by atoms with E-state index in [2.05, 4.69) is 4.90 Å². The molecule has 0 unspecified atom stereocenters. The van der Waals surface area contributed by atoms with E-state index in [0.29, 0.717) is 17.6 Å². The standard InChI is InChI=1S/C19H25FN2O2/c20-16-3-1-15(2-4-16)19(23)22-10-6-17-18(22)5-9-21(17)13-14-7-11-24-12-8-14/h1-4,14,17-18H,5-13H2/t17-,18+/m0/s1. The molecule has 1 amide bonds. The Morgan fingerprint density at radius 1 is 1.04 bits per heavy atom. The summed E-state index contributed by atoms with van der Waals surface area (Å²) in [5.41, 5.74) is 0.597. The van der Waals surface area contributed by atoms with Gasteiger partial charge < -0.3 is 9.64 Å². The second-order valence-corrected chi connectivity index (χ2v) is 7.27. The van der Waals surface area contributed by atoms with Crippen LogP contribution in [0.3, 0.4) is 0 Å². The molecule has 24 heavy (non-hydrogen) atoms. The van der Waals surface area contributed by atoms with E-state index in [4.69, 9.17) is 4.74 Å². The number of hydrogen-bond acceptors (Lipinski definition) is 3. The SMILES string of the molecule is O=C(c1ccc(F)cc1)N1CC[C@H]2[C@H]1CCN2CC1CCOCC1. The van der Waals surface area contributed by atoms with Crippen molar-refractivity contribution in [2.75, 3.05) is 32.8 Å². The van der Waals surface area contributed by atoms with E-state index in [0.717, 1.165) is 64.4 Å². The first-order valence-corrected chi connectivity index (χ1v) is 9.11. The normalized spacial score (nSPS) is 28.3. The van der Waals surface area contributed by atoms with Crippen molar-refractivity contribution >= 4 is 5.91 Å². The number of carbonyl (C=O) groups is 1. The first kappa shape index (κ1) is 16.0. The van der Waals surface area contributed by atoms with Gasteiger partial charge in [0.2, 0.25) is 0 Å². The molecule has 5 heteroatoms. The highest BCUT2D eigenvalue weighted by Gasteiger charge is 2.44. The summed E-state index contributed by atoms with van der Waals surface area (Å²) in [6, 6.07) is 6.75. The predicted octanol–water partition coefficient (Wildman–Crippen LogP) is 2.54. The maximum Gasteiger partial charge on any atom is 0.254 e. The molecule has 1 aromatic rings. The van der Waals surface area contributed by atoms with Crippen molar-refractivity contribution in [3.8, 4) is 0 Å². The molecule has 1 aromatic carbocycles. The van der Waals surface area contributed by atoms with Crippen molar-refractivity contribution < 1.29 is 13.9 Å². The summed E-state index contributed by atoms with van der Waals surface area (Å²) in [4.78, 5) is 17.4. The van der Waals surface area contributed by atoms with Crippen molar-refractivity contribution in [3.05, 3.63) is 35.6 Å². The lowest BCUT2D eigenvalue weighted by atomic mass is 9.99. The molecule has 0 aliphatic carbocycles. The van der Waals surface area contributed by atoms with Gasteiger partial charge in [0, 0.05) is 50.5 Å². The molecule has 3 saturated heterocycles. The molecule has 0 radical (unpaired) electrons. The van der Waals surface area contributed by atoms with E-state index in [9.17, 15) is 9.18 Å². The molecular weight excluding hydrogens is 307 g/mol. The second-order valence-electron chi connectivity index (χ2n) is 7.27. The summed E-state index contributed by atoms with van der Waals surface area (Å²) in [6.07, 6.45) is 4.43. The van der Waals surface area contributed by atoms with E-state index in [1.54, 1.807) is 12.1 Å². The van der Waals surface area contributed by atoms with Gasteiger partial charge in [0.25, 0.3) is 5.91 Å². The minimum Gasteiger partial charge on any atom is -0.381 e. The zero-order chi connectivity index (χ0) is 16.5. The highest BCUT2D eigenvalue weighted by molar-refractivity contribution is 5.94. The number of fused-ring (bicyclic) bond motifs is 1. The number of hydrogen-bond donors (Lipinski definition) is 0. The van der Waals surface area contributed by atoms with Gasteiger partial charge in [-0.05, 0) is 55.9 Å². The largest absolute Gasteiger partial charge is 0.381 e. The van der Waals surface area contributed by atoms with Gasteiger partial charge in [-0.1, -0.05) is 0 Å². The van der Waals surface area contributed by atoms with Crippen LogP contribution in [-0.4, -0.2) is 60.6 Å². The van der Waals surface area contributed by atoms with Crippen LogP contribution >= 0.6 is 0 Å². The Morgan fingerprint density at radius 2 is 1.75 bits per heavy atom. The number of amides is 1. The van der Waals surface area contributed by atoms with Crippen molar-refractivity contribution in [2.24, 2.45) is 5.92 Å². The molecule has 2 atom stereocenters. The highest BCUT2D eigenvalue weighted by Crippen LogP contribution is 2.34. The second kappa shape index (κ2) is 6.81. The molecule has 4 rings (SSSR count). The van der Waals surface area contributed by atoms with E-state index >= 15 is 0 Å². The molecule has 3 aliphatic heterocycles. The van der Waals surface area contributed by atoms with Crippen molar-refractivity contribution in [3.63, 3.8) is 0 Å². The zero-order valence-corrected chi connectivity index (χ0v) is 14.0. The maximum absolute atomic E-state index is 13.1. The lowest BCUT2D eigenvalue weighted by molar-refractivity contribution is 0.0502. The van der Waals surface area contributed by atoms with Gasteiger partial charge >= 0.3 is 0 Å². The fourth-order valence-electron chi connectivity index (χ4n) is 4.57. The summed E-state index contributed by atoms with van der Waals surface area (Å²) in [5, 5.41) is 0. The Labute approximate surface area is 142 Å². The Bertz CT molecular complexity index is 586. The molecule has 3 fully saturated rings. The third-order valence-electron chi connectivity index (χ3n) is 5.88. The average Bonchev–Trinajstić information content (AvgIpc) is 3.19. The summed E-state index contributed by atoms with van der Waals surface area (Å²) in [5.74, 6) is 0.490. The Hall–Kier alpha value is -1.46. The molecule has 0 N–H and O–H groups in total. The van der Waals surface area contributed by atoms with Gasteiger partial charge in [0.1, 0.15) is 5.82 Å². The summed E-state index contributed by atoms with van der Waals surface area (Å²) >= 11 is 0. The minimum atomic E-state index is -0.297. The van der Waals surface area contributed by atoms with E-state index < -0.39 is 0 Å². The van der Waals surface area contributed by atoms with Gasteiger partial charge in [-0.25, -0.2) is 4.39 Å². The summed E-state index contributed by atoms with van der Waals surface area (Å²) in [6.45, 7) is 4.82. The lowest BCUT2D eigenvalue weighted by Crippen LogP contribution is -2.41. The van der Waals surface area contributed by atoms with Crippen molar-refractivity contribution in [2.45, 2.75) is 37.8 Å². The number of likely N-dealkylation sites (tertiary alicyclic amines) is 2. The average molecular weight is 332 g/mol. The summed E-state index contributed by atoms with van der Waals surface area (Å²) < 4.78 is 18.5. The third kappa shape index (κ3) is 3.07. The molecule has 4 nitrogen and oxygen atoms in total. The zero-order valence-electron chi connectivity index (χ0n) is 14.0. The van der Waals surface area contributed by atoms with Crippen molar-refractivity contribution in [1.82, 2.24) is 9.80 Å². The fraction of sp³-hybridized carbons (Fsp3) is 0.632. The predicted molar refractivity (Wildman–Crippen MR) is 89.4 cm³/mol. The molecule has 0 aromatic heterocycles. The maximum atomic E-state index is 13.1. The number of nitrogens with zero attached hydrogens (tertiary/aromatic N) is 2. The first-order valence-electron chi connectivity index (χ1n) is 9.11. The van der Waals surface area contributed by atoms with Crippen LogP contribution in [0.1, 0.15) is 36.0 Å². The molecular formula is C19H25FN2O2. The van der Waals surface area contributed by atoms with Crippen LogP contribution < -0.4 is 0 Å². The molecule has 0 saturated carbocycles. The first-order chi connectivity index (χ1) is 11.7. The monoisotopic (exact) mass is 332 g/mol. The number of halogens is 1. The number of rotatable bonds is 3. The number of benzene rings is 1. The van der Waals surface area contributed by atoms with Gasteiger partial charge in [-0.2, -0.15) is 0 Å². The number of carbonyl (C=O) groups excluding carboxylic acids is 1. The quantitative estimate of drug-likeness (QED) is 0.853. The molecule has 3 heterocycles. The topological polar surface area (TPSA) is 32.8 Å². The van der Waals surface area contributed by atoms with E-state index in [1.807, 2.05) is 4.90 Å². The van der Waals surface area contributed by atoms with Gasteiger partial charge in [0.15, 0.2) is 0 Å². The van der Waals surface area contributed by atoms with Crippen LogP contribution in [0.2, 0.25) is 0 Å². The Balaban J connectivity index is 1.40. The number of ether oxygens (including phenoxy) is 1. The molecule has 3 aliphatic rings. The molecule has 0 bridgehead atoms. The van der Waals surface area contributed by atoms with Crippen LogP contribution in [0, 0.1) is 11.7 Å². The highest BCUT2D eigenvalue weighted by atomic mass is 19.1. The third-order valence-corrected chi connectivity index (χ3v) is 5.88. The van der Waals surface area contributed by atoms with Crippen molar-refractivity contribution in [1.29, 1.82) is 0 Å². The van der Waals surface area contributed by atoms with Gasteiger partial charge in [-0.15, -0.1) is 0 Å². The van der Waals surface area contributed by atoms with E-state index in [-0.39, 0.29) is 11.7 Å². The van der Waals surface area contributed by atoms with E-state index in [1.165, 1.54) is 12.1 Å². The Kier molecular flexibility index (Phi) is 4.55.